The molecule has 0 nitrogen and oxygen atoms in total. The monoisotopic (exact) mass is 217 g/mol. The van der Waals surface area contributed by atoms with Gasteiger partial charge in [-0.15, -0.1) is 37.2 Å². The molecule has 0 saturated carbocycles. The van der Waals surface area contributed by atoms with Crippen LogP contribution >= 0.6 is 37.2 Å². The molecule has 0 bridgehead atoms. The van der Waals surface area contributed by atoms with Gasteiger partial charge in [0, 0.05) is 25.8 Å². The van der Waals surface area contributed by atoms with Crippen molar-refractivity contribution in [2.24, 2.45) is 0 Å². The molecule has 0 aromatic heterocycles. The van der Waals surface area contributed by atoms with Crippen LogP contribution in [0.2, 0.25) is 0 Å². The van der Waals surface area contributed by atoms with E-state index in [9.17, 15) is 0 Å². The fourth-order valence-electron chi connectivity index (χ4n) is 0. The predicted octanol–water partition coefficient (Wildman–Crippen LogP) is -4.50. The van der Waals surface area contributed by atoms with Gasteiger partial charge in [0.05, 0.1) is 0 Å². The average molecular weight is 218 g/mol. The number of hydrogen-bond donors (Lipinski definition) is 0. The topological polar surface area (TPSA) is 0 Å². The van der Waals surface area contributed by atoms with Crippen molar-refractivity contribution >= 4 is 37.2 Å². The standard InChI is InChI=1S/3ClH.K.Na.Sc.2H/h3*1H;;;;;/q;;;2*+1;;2*-1. The molecule has 0 rings (SSSR count). The first-order valence-corrected chi connectivity index (χ1v) is 0. The number of halogens is 3. The van der Waals surface area contributed by atoms with Gasteiger partial charge < -0.3 is 2.85 Å². The second-order valence-electron chi connectivity index (χ2n) is 0. The van der Waals surface area contributed by atoms with Gasteiger partial charge in [-0.05, 0) is 0 Å². The van der Waals surface area contributed by atoms with Gasteiger partial charge in [0.1, 0.15) is 0 Å². The van der Waals surface area contributed by atoms with Crippen LogP contribution in [0.3, 0.4) is 0 Å². The Bertz CT molecular complexity index is 17.2. The van der Waals surface area contributed by atoms with Gasteiger partial charge >= 0.3 is 80.9 Å². The van der Waals surface area contributed by atoms with E-state index < -0.39 is 0 Å². The van der Waals surface area contributed by atoms with Crippen molar-refractivity contribution in [3.05, 3.63) is 0 Å². The van der Waals surface area contributed by atoms with E-state index in [1.54, 1.807) is 0 Å². The molecule has 0 amide bonds. The second-order valence-corrected chi connectivity index (χ2v) is 0. The summed E-state index contributed by atoms with van der Waals surface area (Å²) in [4.78, 5) is 0. The third kappa shape index (κ3) is 23.8. The molecule has 0 saturated heterocycles. The summed E-state index contributed by atoms with van der Waals surface area (Å²) in [6.07, 6.45) is 0. The van der Waals surface area contributed by atoms with E-state index >= 15 is 0 Å². The summed E-state index contributed by atoms with van der Waals surface area (Å²) in [5, 5.41) is 0. The smallest absolute Gasteiger partial charge is 1.00 e. The molecule has 0 N–H and O–H groups in total. The third-order valence-corrected chi connectivity index (χ3v) is 0. The van der Waals surface area contributed by atoms with E-state index in [1.807, 2.05) is 0 Å². The Labute approximate surface area is 143 Å². The van der Waals surface area contributed by atoms with Crippen LogP contribution in [-0.2, 0) is 25.8 Å². The number of rotatable bonds is 0. The molecule has 0 aliphatic rings. The zero-order chi connectivity index (χ0) is 0. The van der Waals surface area contributed by atoms with Crippen molar-refractivity contribution in [1.29, 1.82) is 0 Å². The predicted molar refractivity (Wildman–Crippen MR) is 24.0 cm³/mol. The van der Waals surface area contributed by atoms with Crippen LogP contribution in [-0.4, -0.2) is 0 Å². The minimum atomic E-state index is 0. The third-order valence-electron chi connectivity index (χ3n) is 0. The SMILES string of the molecule is Cl.Cl.Cl.[H-].[H-].[K+].[Na+].[Sc]. The first-order valence-electron chi connectivity index (χ1n) is 0. The number of hydrogen-bond acceptors (Lipinski definition) is 0. The summed E-state index contributed by atoms with van der Waals surface area (Å²) in [5.41, 5.74) is 0. The van der Waals surface area contributed by atoms with Gasteiger partial charge in [-0.3, -0.25) is 0 Å². The molecule has 0 aromatic rings. The van der Waals surface area contributed by atoms with Crippen LogP contribution in [0, 0.1) is 0 Å². The van der Waals surface area contributed by atoms with Crippen LogP contribution in [0.15, 0.2) is 0 Å². The van der Waals surface area contributed by atoms with Gasteiger partial charge in [-0.2, -0.15) is 0 Å². The minimum absolute atomic E-state index is 0. The second kappa shape index (κ2) is 34.3. The van der Waals surface area contributed by atoms with Gasteiger partial charge in [0.2, 0.25) is 0 Å². The molecule has 0 spiro atoms. The van der Waals surface area contributed by atoms with E-state index in [4.69, 9.17) is 0 Å². The molecular formula is H5Cl3KNaSc. The summed E-state index contributed by atoms with van der Waals surface area (Å²) in [7, 11) is 0. The van der Waals surface area contributed by atoms with Crippen LogP contribution in [0.5, 0.6) is 0 Å². The Hall–Kier alpha value is 4.38. The van der Waals surface area contributed by atoms with Crippen molar-refractivity contribution < 1.29 is 110 Å². The van der Waals surface area contributed by atoms with E-state index in [2.05, 4.69) is 0 Å². The maximum atomic E-state index is 0. The molecule has 6 heteroatoms. The molecule has 0 aromatic carbocycles. The maximum absolute atomic E-state index is 0. The summed E-state index contributed by atoms with van der Waals surface area (Å²) in [6, 6.07) is 0. The molecule has 1 radical (unpaired) electrons. The Balaban J connectivity index is 0. The van der Waals surface area contributed by atoms with Crippen LogP contribution in [0.4, 0.5) is 0 Å². The minimum Gasteiger partial charge on any atom is -1.00 e. The van der Waals surface area contributed by atoms with Gasteiger partial charge in [-0.25, -0.2) is 0 Å². The molecule has 0 heterocycles. The molecule has 0 unspecified atom stereocenters. The Morgan fingerprint density at radius 3 is 0.833 bits per heavy atom. The average Bonchev–Trinajstić information content (AvgIpc) is 0. The van der Waals surface area contributed by atoms with Crippen molar-refractivity contribution in [2.45, 2.75) is 0 Å². The largest absolute Gasteiger partial charge is 1.00 e. The molecule has 0 aliphatic heterocycles. The molecule has 31 valence electrons. The summed E-state index contributed by atoms with van der Waals surface area (Å²) < 4.78 is 0. The Morgan fingerprint density at radius 2 is 0.833 bits per heavy atom. The molecule has 6 heavy (non-hydrogen) atoms. The van der Waals surface area contributed by atoms with Crippen LogP contribution in [0.25, 0.3) is 0 Å². The zero-order valence-corrected chi connectivity index (χ0v) is 13.2. The first-order chi connectivity index (χ1) is 0. The molecule has 0 fully saturated rings. The van der Waals surface area contributed by atoms with Crippen molar-refractivity contribution in [2.75, 3.05) is 0 Å². The molecular weight excluding hydrogens is 213 g/mol. The van der Waals surface area contributed by atoms with Gasteiger partial charge in [0.15, 0.2) is 0 Å². The van der Waals surface area contributed by atoms with E-state index in [0.717, 1.165) is 0 Å². The van der Waals surface area contributed by atoms with E-state index in [-0.39, 0.29) is 147 Å². The fourth-order valence-corrected chi connectivity index (χ4v) is 0. The van der Waals surface area contributed by atoms with Crippen molar-refractivity contribution in [3.63, 3.8) is 0 Å². The van der Waals surface area contributed by atoms with Gasteiger partial charge in [0.25, 0.3) is 0 Å². The summed E-state index contributed by atoms with van der Waals surface area (Å²) in [6.45, 7) is 0. The molecule has 0 atom stereocenters. The maximum Gasteiger partial charge on any atom is 1.00 e. The van der Waals surface area contributed by atoms with Crippen LogP contribution in [0.1, 0.15) is 2.85 Å². The van der Waals surface area contributed by atoms with E-state index in [0.29, 0.717) is 0 Å². The van der Waals surface area contributed by atoms with Crippen molar-refractivity contribution in [1.82, 2.24) is 0 Å². The van der Waals surface area contributed by atoms with Crippen molar-refractivity contribution in [3.8, 4) is 0 Å². The Morgan fingerprint density at radius 1 is 0.833 bits per heavy atom. The zero-order valence-electron chi connectivity index (χ0n) is 5.80. The fraction of sp³-hybridized carbons (Fsp3) is 0. The summed E-state index contributed by atoms with van der Waals surface area (Å²) in [5.74, 6) is 0. The van der Waals surface area contributed by atoms with Gasteiger partial charge in [-0.1, -0.05) is 0 Å². The normalized spacial score (nSPS) is 0. The van der Waals surface area contributed by atoms with E-state index in [1.165, 1.54) is 0 Å². The first kappa shape index (κ1) is 47.6. The van der Waals surface area contributed by atoms with Crippen LogP contribution < -0.4 is 80.9 Å². The molecule has 0 aliphatic carbocycles. The quantitative estimate of drug-likeness (QED) is 0.360. The summed E-state index contributed by atoms with van der Waals surface area (Å²) >= 11 is 0. The Kier molecular flexibility index (Phi) is 273.